The van der Waals surface area contributed by atoms with Gasteiger partial charge in [-0.1, -0.05) is 55.5 Å². The standard InChI is InChI=1S/C30H30F4N2O3.ClH/c1-21(22-8-3-2-4-9-22)18-35(19-23-10-5-11-25(29(23)31)30(32,33)34)15-7-17-39-27-13-6-12-26-24(27)14-16-36(26)20-28(37)38;/h2-6,8-14,16,21H,7,15,17-20H2,1H3,(H,37,38);1H/t21-;/m1./s1. The molecule has 0 aliphatic carbocycles. The van der Waals surface area contributed by atoms with Gasteiger partial charge in [-0.3, -0.25) is 9.69 Å². The van der Waals surface area contributed by atoms with Crippen molar-refractivity contribution < 1.29 is 32.2 Å². The van der Waals surface area contributed by atoms with Gasteiger partial charge in [0.25, 0.3) is 0 Å². The van der Waals surface area contributed by atoms with Gasteiger partial charge in [-0.25, -0.2) is 4.39 Å². The van der Waals surface area contributed by atoms with Crippen molar-refractivity contribution in [2.75, 3.05) is 19.7 Å². The number of hydrogen-bond acceptors (Lipinski definition) is 3. The number of fused-ring (bicyclic) bond motifs is 1. The smallest absolute Gasteiger partial charge is 0.419 e. The van der Waals surface area contributed by atoms with E-state index in [1.54, 1.807) is 29.0 Å². The molecule has 0 spiro atoms. The number of aliphatic carboxylic acids is 1. The zero-order chi connectivity index (χ0) is 28.0. The average Bonchev–Trinajstić information content (AvgIpc) is 3.30. The fourth-order valence-corrected chi connectivity index (χ4v) is 4.75. The van der Waals surface area contributed by atoms with E-state index in [0.717, 1.165) is 22.5 Å². The number of alkyl halides is 3. The van der Waals surface area contributed by atoms with Crippen molar-refractivity contribution >= 4 is 29.3 Å². The van der Waals surface area contributed by atoms with E-state index in [1.807, 2.05) is 48.2 Å². The van der Waals surface area contributed by atoms with E-state index in [2.05, 4.69) is 0 Å². The van der Waals surface area contributed by atoms with Crippen LogP contribution in [0.1, 0.15) is 36.0 Å². The summed E-state index contributed by atoms with van der Waals surface area (Å²) in [6, 6.07) is 20.4. The number of rotatable bonds is 12. The second-order valence-corrected chi connectivity index (χ2v) is 9.55. The Morgan fingerprint density at radius 1 is 1.02 bits per heavy atom. The van der Waals surface area contributed by atoms with Gasteiger partial charge in [-0.2, -0.15) is 13.2 Å². The lowest BCUT2D eigenvalue weighted by Gasteiger charge is -2.27. The molecule has 1 atom stereocenters. The Labute approximate surface area is 236 Å². The summed E-state index contributed by atoms with van der Waals surface area (Å²) < 4.78 is 62.3. The van der Waals surface area contributed by atoms with Crippen molar-refractivity contribution in [2.24, 2.45) is 0 Å². The van der Waals surface area contributed by atoms with E-state index in [0.29, 0.717) is 31.9 Å². The molecule has 1 N–H and O–H groups in total. The van der Waals surface area contributed by atoms with Gasteiger partial charge in [0.1, 0.15) is 18.1 Å². The third kappa shape index (κ3) is 7.76. The van der Waals surface area contributed by atoms with Crippen LogP contribution in [0.5, 0.6) is 5.75 Å². The molecule has 40 heavy (non-hydrogen) atoms. The minimum atomic E-state index is -4.76. The molecule has 5 nitrogen and oxygen atoms in total. The van der Waals surface area contributed by atoms with Gasteiger partial charge >= 0.3 is 12.1 Å². The van der Waals surface area contributed by atoms with Crippen LogP contribution in [-0.2, 0) is 24.1 Å². The summed E-state index contributed by atoms with van der Waals surface area (Å²) in [5.41, 5.74) is 0.562. The topological polar surface area (TPSA) is 54.7 Å². The fourth-order valence-electron chi connectivity index (χ4n) is 4.75. The zero-order valence-corrected chi connectivity index (χ0v) is 22.7. The molecule has 0 aliphatic rings. The lowest BCUT2D eigenvalue weighted by Crippen LogP contribution is -2.30. The van der Waals surface area contributed by atoms with Gasteiger partial charge in [-0.15, -0.1) is 12.4 Å². The highest BCUT2D eigenvalue weighted by Gasteiger charge is 2.35. The first-order chi connectivity index (χ1) is 18.6. The Hall–Kier alpha value is -3.56. The molecule has 0 aliphatic heterocycles. The van der Waals surface area contributed by atoms with E-state index in [9.17, 15) is 22.4 Å². The molecule has 1 heterocycles. The first kappa shape index (κ1) is 31.0. The van der Waals surface area contributed by atoms with Crippen LogP contribution in [0.15, 0.2) is 79.0 Å². The molecule has 0 radical (unpaired) electrons. The van der Waals surface area contributed by atoms with Crippen LogP contribution >= 0.6 is 12.4 Å². The number of ether oxygens (including phenoxy) is 1. The number of carbonyl (C=O) groups is 1. The zero-order valence-electron chi connectivity index (χ0n) is 21.9. The predicted molar refractivity (Wildman–Crippen MR) is 148 cm³/mol. The first-order valence-electron chi connectivity index (χ1n) is 12.7. The summed E-state index contributed by atoms with van der Waals surface area (Å²) >= 11 is 0. The highest BCUT2D eigenvalue weighted by atomic mass is 35.5. The van der Waals surface area contributed by atoms with Crippen molar-refractivity contribution in [2.45, 2.75) is 38.5 Å². The van der Waals surface area contributed by atoms with Crippen molar-refractivity contribution in [3.05, 3.63) is 102 Å². The Morgan fingerprint density at radius 3 is 2.45 bits per heavy atom. The monoisotopic (exact) mass is 578 g/mol. The molecule has 4 aromatic rings. The molecule has 214 valence electrons. The molecule has 3 aromatic carbocycles. The molecule has 0 bridgehead atoms. The van der Waals surface area contributed by atoms with Crippen molar-refractivity contribution in [3.8, 4) is 5.75 Å². The lowest BCUT2D eigenvalue weighted by molar-refractivity contribution is -0.140. The largest absolute Gasteiger partial charge is 0.493 e. The van der Waals surface area contributed by atoms with Gasteiger partial charge in [0.2, 0.25) is 0 Å². The van der Waals surface area contributed by atoms with Gasteiger partial charge in [0.15, 0.2) is 0 Å². The average molecular weight is 579 g/mol. The highest BCUT2D eigenvalue weighted by molar-refractivity contribution is 5.87. The predicted octanol–water partition coefficient (Wildman–Crippen LogP) is 7.38. The number of halogens is 5. The molecule has 10 heteroatoms. The number of benzene rings is 3. The third-order valence-corrected chi connectivity index (χ3v) is 6.63. The van der Waals surface area contributed by atoms with Gasteiger partial charge in [0, 0.05) is 36.8 Å². The van der Waals surface area contributed by atoms with Crippen LogP contribution in [0, 0.1) is 5.82 Å². The van der Waals surface area contributed by atoms with Crippen LogP contribution in [0.25, 0.3) is 10.9 Å². The van der Waals surface area contributed by atoms with Gasteiger partial charge in [0.05, 0.1) is 17.7 Å². The van der Waals surface area contributed by atoms with E-state index in [-0.39, 0.29) is 37.0 Å². The summed E-state index contributed by atoms with van der Waals surface area (Å²) in [4.78, 5) is 13.1. The van der Waals surface area contributed by atoms with E-state index < -0.39 is 23.5 Å². The summed E-state index contributed by atoms with van der Waals surface area (Å²) in [7, 11) is 0. The minimum absolute atomic E-state index is 0. The molecule has 1 aromatic heterocycles. The Morgan fingerprint density at radius 2 is 1.75 bits per heavy atom. The minimum Gasteiger partial charge on any atom is -0.493 e. The van der Waals surface area contributed by atoms with Crippen LogP contribution in [0.3, 0.4) is 0 Å². The molecule has 0 saturated heterocycles. The summed E-state index contributed by atoms with van der Waals surface area (Å²) in [6.07, 6.45) is -2.52. The number of nitrogens with zero attached hydrogens (tertiary/aromatic N) is 2. The Kier molecular flexibility index (Phi) is 10.6. The molecule has 0 fully saturated rings. The maximum Gasteiger partial charge on any atom is 0.419 e. The molecular formula is C30H31ClF4N2O3. The third-order valence-electron chi connectivity index (χ3n) is 6.63. The van der Waals surface area contributed by atoms with E-state index in [4.69, 9.17) is 9.84 Å². The second-order valence-electron chi connectivity index (χ2n) is 9.55. The van der Waals surface area contributed by atoms with Crippen LogP contribution in [0.2, 0.25) is 0 Å². The Bertz CT molecular complexity index is 1410. The molecule has 0 unspecified atom stereocenters. The highest BCUT2D eigenvalue weighted by Crippen LogP contribution is 2.33. The SMILES string of the molecule is C[C@H](CN(CCCOc1cccc2c1ccn2CC(=O)O)Cc1cccc(C(F)(F)F)c1F)c1ccccc1.Cl. The molecular weight excluding hydrogens is 548 g/mol. The molecule has 0 saturated carbocycles. The number of hydrogen-bond donors (Lipinski definition) is 1. The fraction of sp³-hybridized carbons (Fsp3) is 0.300. The molecule has 0 amide bonds. The molecule has 4 rings (SSSR count). The maximum absolute atomic E-state index is 14.8. The maximum atomic E-state index is 14.8. The summed E-state index contributed by atoms with van der Waals surface area (Å²) in [5.74, 6) is -1.49. The summed E-state index contributed by atoms with van der Waals surface area (Å²) in [6.45, 7) is 3.22. The number of carboxylic acids is 1. The normalized spacial score (nSPS) is 12.3. The van der Waals surface area contributed by atoms with Crippen molar-refractivity contribution in [1.82, 2.24) is 9.47 Å². The van der Waals surface area contributed by atoms with E-state index in [1.165, 1.54) is 12.1 Å². The van der Waals surface area contributed by atoms with E-state index >= 15 is 0 Å². The van der Waals surface area contributed by atoms with Crippen LogP contribution in [-0.4, -0.2) is 40.2 Å². The number of aromatic nitrogens is 1. The van der Waals surface area contributed by atoms with Crippen molar-refractivity contribution in [1.29, 1.82) is 0 Å². The van der Waals surface area contributed by atoms with Gasteiger partial charge in [-0.05, 0) is 42.2 Å². The quantitative estimate of drug-likeness (QED) is 0.141. The van der Waals surface area contributed by atoms with Crippen LogP contribution < -0.4 is 4.74 Å². The Balaban J connectivity index is 0.00000441. The lowest BCUT2D eigenvalue weighted by atomic mass is 10.00. The van der Waals surface area contributed by atoms with Crippen LogP contribution in [0.4, 0.5) is 17.6 Å². The first-order valence-corrected chi connectivity index (χ1v) is 12.7. The second kappa shape index (κ2) is 13.7. The van der Waals surface area contributed by atoms with Gasteiger partial charge < -0.3 is 14.4 Å². The van der Waals surface area contributed by atoms with Crippen molar-refractivity contribution in [3.63, 3.8) is 0 Å². The summed E-state index contributed by atoms with van der Waals surface area (Å²) in [5, 5.41) is 9.91. The number of carboxylic acid groups (broad SMARTS) is 1.